The Labute approximate surface area is 112 Å². The summed E-state index contributed by atoms with van der Waals surface area (Å²) in [6, 6.07) is 5.33. The summed E-state index contributed by atoms with van der Waals surface area (Å²) >= 11 is 6.08. The summed E-state index contributed by atoms with van der Waals surface area (Å²) < 4.78 is 5.31. The van der Waals surface area contributed by atoms with Crippen LogP contribution in [0.5, 0.6) is 0 Å². The number of rotatable bonds is 7. The van der Waals surface area contributed by atoms with Crippen molar-refractivity contribution in [3.63, 3.8) is 0 Å². The molecule has 1 aromatic rings. The standard InChI is InChI=1S/C13H19ClN2O2/c1-3-18-8-9(2)16-7-11-5-4-10(13(15)17)6-12(11)14/h4-6,9,16H,3,7-8H2,1-2H3,(H2,15,17). The van der Waals surface area contributed by atoms with E-state index in [9.17, 15) is 4.79 Å². The topological polar surface area (TPSA) is 64.3 Å². The zero-order valence-corrected chi connectivity index (χ0v) is 11.5. The molecule has 1 unspecified atom stereocenters. The normalized spacial score (nSPS) is 12.4. The van der Waals surface area contributed by atoms with Crippen molar-refractivity contribution in [2.24, 2.45) is 5.73 Å². The quantitative estimate of drug-likeness (QED) is 0.796. The molecule has 0 heterocycles. The van der Waals surface area contributed by atoms with Crippen LogP contribution in [0.15, 0.2) is 18.2 Å². The number of benzene rings is 1. The Hall–Kier alpha value is -1.10. The molecular formula is C13H19ClN2O2. The Morgan fingerprint density at radius 3 is 2.83 bits per heavy atom. The van der Waals surface area contributed by atoms with E-state index in [1.54, 1.807) is 12.1 Å². The van der Waals surface area contributed by atoms with Crippen LogP contribution in [0.1, 0.15) is 29.8 Å². The molecule has 0 radical (unpaired) electrons. The van der Waals surface area contributed by atoms with Crippen molar-refractivity contribution in [1.82, 2.24) is 5.32 Å². The van der Waals surface area contributed by atoms with Crippen molar-refractivity contribution >= 4 is 17.5 Å². The number of hydrogen-bond donors (Lipinski definition) is 2. The van der Waals surface area contributed by atoms with Crippen LogP contribution >= 0.6 is 11.6 Å². The minimum atomic E-state index is -0.471. The minimum absolute atomic E-state index is 0.247. The van der Waals surface area contributed by atoms with Crippen LogP contribution in [-0.4, -0.2) is 25.2 Å². The minimum Gasteiger partial charge on any atom is -0.380 e. The SMILES string of the molecule is CCOCC(C)NCc1ccc(C(N)=O)cc1Cl. The fraction of sp³-hybridized carbons (Fsp3) is 0.462. The van der Waals surface area contributed by atoms with Crippen LogP contribution in [0.3, 0.4) is 0 Å². The Morgan fingerprint density at radius 1 is 1.56 bits per heavy atom. The molecule has 100 valence electrons. The van der Waals surface area contributed by atoms with E-state index in [0.717, 1.165) is 5.56 Å². The largest absolute Gasteiger partial charge is 0.380 e. The lowest BCUT2D eigenvalue weighted by Crippen LogP contribution is -2.30. The van der Waals surface area contributed by atoms with Crippen LogP contribution in [0, 0.1) is 0 Å². The van der Waals surface area contributed by atoms with Crippen molar-refractivity contribution in [3.8, 4) is 0 Å². The average Bonchev–Trinajstić information content (AvgIpc) is 2.34. The average molecular weight is 271 g/mol. The summed E-state index contributed by atoms with van der Waals surface area (Å²) in [7, 11) is 0. The molecule has 1 atom stereocenters. The number of nitrogens with two attached hydrogens (primary N) is 1. The van der Waals surface area contributed by atoms with E-state index in [-0.39, 0.29) is 6.04 Å². The van der Waals surface area contributed by atoms with Gasteiger partial charge in [0, 0.05) is 29.8 Å². The molecule has 5 heteroatoms. The van der Waals surface area contributed by atoms with Gasteiger partial charge in [0.15, 0.2) is 0 Å². The van der Waals surface area contributed by atoms with Crippen molar-refractivity contribution in [1.29, 1.82) is 0 Å². The first-order valence-electron chi connectivity index (χ1n) is 5.94. The highest BCUT2D eigenvalue weighted by atomic mass is 35.5. The van der Waals surface area contributed by atoms with Gasteiger partial charge in [0.25, 0.3) is 0 Å². The second kappa shape index (κ2) is 7.36. The second-order valence-corrected chi connectivity index (χ2v) is 4.52. The molecule has 4 nitrogen and oxygen atoms in total. The van der Waals surface area contributed by atoms with Crippen molar-refractivity contribution < 1.29 is 9.53 Å². The molecule has 1 rings (SSSR count). The van der Waals surface area contributed by atoms with E-state index >= 15 is 0 Å². The number of primary amides is 1. The zero-order valence-electron chi connectivity index (χ0n) is 10.7. The van der Waals surface area contributed by atoms with Gasteiger partial charge in [-0.05, 0) is 31.5 Å². The van der Waals surface area contributed by atoms with Crippen molar-refractivity contribution in [2.75, 3.05) is 13.2 Å². The predicted molar refractivity (Wildman–Crippen MR) is 72.8 cm³/mol. The highest BCUT2D eigenvalue weighted by Crippen LogP contribution is 2.17. The monoisotopic (exact) mass is 270 g/mol. The fourth-order valence-electron chi connectivity index (χ4n) is 1.48. The maximum Gasteiger partial charge on any atom is 0.248 e. The third-order valence-electron chi connectivity index (χ3n) is 2.55. The lowest BCUT2D eigenvalue weighted by molar-refractivity contribution is 0.100. The van der Waals surface area contributed by atoms with Crippen LogP contribution < -0.4 is 11.1 Å². The van der Waals surface area contributed by atoms with Gasteiger partial charge in [-0.1, -0.05) is 17.7 Å². The van der Waals surface area contributed by atoms with Crippen LogP contribution in [0.25, 0.3) is 0 Å². The molecule has 0 aromatic heterocycles. The van der Waals surface area contributed by atoms with Gasteiger partial charge in [0.1, 0.15) is 0 Å². The number of nitrogens with one attached hydrogen (secondary N) is 1. The Morgan fingerprint density at radius 2 is 2.28 bits per heavy atom. The van der Waals surface area contributed by atoms with Gasteiger partial charge >= 0.3 is 0 Å². The summed E-state index contributed by atoms with van der Waals surface area (Å²) in [5, 5.41) is 3.84. The number of carbonyl (C=O) groups is 1. The maximum absolute atomic E-state index is 11.0. The highest BCUT2D eigenvalue weighted by Gasteiger charge is 2.07. The molecule has 0 saturated carbocycles. The first kappa shape index (κ1) is 15.0. The molecule has 0 saturated heterocycles. The van der Waals surface area contributed by atoms with Crippen molar-refractivity contribution in [2.45, 2.75) is 26.4 Å². The van der Waals surface area contributed by atoms with Gasteiger partial charge in [0.05, 0.1) is 6.61 Å². The van der Waals surface area contributed by atoms with E-state index in [1.165, 1.54) is 0 Å². The van der Waals surface area contributed by atoms with E-state index in [0.29, 0.717) is 30.3 Å². The number of amides is 1. The molecule has 0 fully saturated rings. The van der Waals surface area contributed by atoms with E-state index in [1.807, 2.05) is 19.9 Å². The summed E-state index contributed by atoms with van der Waals surface area (Å²) in [6.45, 7) is 6.01. The molecular weight excluding hydrogens is 252 g/mol. The van der Waals surface area contributed by atoms with Crippen LogP contribution in [0.2, 0.25) is 5.02 Å². The number of hydrogen-bond acceptors (Lipinski definition) is 3. The molecule has 0 spiro atoms. The Bertz CT molecular complexity index is 410. The summed E-state index contributed by atoms with van der Waals surface area (Å²) in [5.74, 6) is -0.471. The first-order chi connectivity index (χ1) is 8.54. The van der Waals surface area contributed by atoms with Gasteiger partial charge in [-0.3, -0.25) is 4.79 Å². The third kappa shape index (κ3) is 4.64. The highest BCUT2D eigenvalue weighted by molar-refractivity contribution is 6.31. The third-order valence-corrected chi connectivity index (χ3v) is 2.90. The van der Waals surface area contributed by atoms with Crippen LogP contribution in [0.4, 0.5) is 0 Å². The molecule has 0 bridgehead atoms. The molecule has 3 N–H and O–H groups in total. The molecule has 0 aliphatic heterocycles. The van der Waals surface area contributed by atoms with E-state index in [2.05, 4.69) is 5.32 Å². The van der Waals surface area contributed by atoms with Gasteiger partial charge in [-0.25, -0.2) is 0 Å². The zero-order chi connectivity index (χ0) is 13.5. The molecule has 0 aliphatic carbocycles. The Kier molecular flexibility index (Phi) is 6.12. The van der Waals surface area contributed by atoms with E-state index < -0.39 is 5.91 Å². The van der Waals surface area contributed by atoms with Crippen LogP contribution in [-0.2, 0) is 11.3 Å². The lowest BCUT2D eigenvalue weighted by atomic mass is 10.1. The van der Waals surface area contributed by atoms with Crippen molar-refractivity contribution in [3.05, 3.63) is 34.3 Å². The summed E-state index contributed by atoms with van der Waals surface area (Å²) in [6.07, 6.45) is 0. The second-order valence-electron chi connectivity index (χ2n) is 4.11. The number of ether oxygens (including phenoxy) is 1. The van der Waals surface area contributed by atoms with Gasteiger partial charge in [0.2, 0.25) is 5.91 Å². The van der Waals surface area contributed by atoms with Gasteiger partial charge < -0.3 is 15.8 Å². The number of carbonyl (C=O) groups excluding carboxylic acids is 1. The smallest absolute Gasteiger partial charge is 0.248 e. The first-order valence-corrected chi connectivity index (χ1v) is 6.31. The van der Waals surface area contributed by atoms with E-state index in [4.69, 9.17) is 22.1 Å². The molecule has 18 heavy (non-hydrogen) atoms. The number of halogens is 1. The predicted octanol–water partition coefficient (Wildman–Crippen LogP) is 1.95. The fourth-order valence-corrected chi connectivity index (χ4v) is 1.73. The Balaban J connectivity index is 2.55. The summed E-state index contributed by atoms with van der Waals surface area (Å²) in [5.41, 5.74) is 6.54. The van der Waals surface area contributed by atoms with Gasteiger partial charge in [-0.2, -0.15) is 0 Å². The summed E-state index contributed by atoms with van der Waals surface area (Å²) in [4.78, 5) is 11.0. The molecule has 0 aliphatic rings. The van der Waals surface area contributed by atoms with Gasteiger partial charge in [-0.15, -0.1) is 0 Å². The molecule has 1 amide bonds. The molecule has 1 aromatic carbocycles. The lowest BCUT2D eigenvalue weighted by Gasteiger charge is -2.14. The maximum atomic E-state index is 11.0.